The third-order valence-corrected chi connectivity index (χ3v) is 6.68. The van der Waals surface area contributed by atoms with Gasteiger partial charge >= 0.3 is 0 Å². The predicted molar refractivity (Wildman–Crippen MR) is 118 cm³/mol. The summed E-state index contributed by atoms with van der Waals surface area (Å²) in [6, 6.07) is 10.9. The van der Waals surface area contributed by atoms with Crippen LogP contribution in [-0.2, 0) is 4.79 Å². The Kier molecular flexibility index (Phi) is 6.73. The van der Waals surface area contributed by atoms with Gasteiger partial charge in [0.05, 0.1) is 19.1 Å². The number of carbonyl (C=O) groups excluding carboxylic acids is 2. The maximum Gasteiger partial charge on any atom is 0.289 e. The number of aromatic nitrogens is 2. The van der Waals surface area contributed by atoms with Gasteiger partial charge in [-0.05, 0) is 36.4 Å². The molecule has 1 aromatic carbocycles. The van der Waals surface area contributed by atoms with Crippen molar-refractivity contribution in [2.75, 3.05) is 44.4 Å². The summed E-state index contributed by atoms with van der Waals surface area (Å²) in [4.78, 5) is 28.3. The normalized spacial score (nSPS) is 13.8. The Labute approximate surface area is 187 Å². The highest BCUT2D eigenvalue weighted by molar-refractivity contribution is 8.01. The zero-order valence-corrected chi connectivity index (χ0v) is 18.4. The summed E-state index contributed by atoms with van der Waals surface area (Å²) in [5.74, 6) is 1.27. The second-order valence-electron chi connectivity index (χ2n) is 6.67. The predicted octanol–water partition coefficient (Wildman–Crippen LogP) is 2.96. The summed E-state index contributed by atoms with van der Waals surface area (Å²) < 4.78 is 11.0. The highest BCUT2D eigenvalue weighted by Crippen LogP contribution is 2.28. The van der Waals surface area contributed by atoms with Crippen LogP contribution in [0.3, 0.4) is 0 Å². The van der Waals surface area contributed by atoms with Gasteiger partial charge in [-0.1, -0.05) is 23.1 Å². The van der Waals surface area contributed by atoms with E-state index >= 15 is 0 Å². The van der Waals surface area contributed by atoms with E-state index in [1.807, 2.05) is 24.3 Å². The summed E-state index contributed by atoms with van der Waals surface area (Å²) in [5, 5.41) is 12.1. The van der Waals surface area contributed by atoms with E-state index in [4.69, 9.17) is 9.15 Å². The summed E-state index contributed by atoms with van der Waals surface area (Å²) in [6.07, 6.45) is 1.48. The van der Waals surface area contributed by atoms with Crippen molar-refractivity contribution in [2.45, 2.75) is 4.34 Å². The average Bonchev–Trinajstić information content (AvgIpc) is 3.50. The Bertz CT molecular complexity index is 1010. The molecule has 3 aromatic rings. The van der Waals surface area contributed by atoms with Crippen molar-refractivity contribution in [1.82, 2.24) is 20.0 Å². The first-order valence-electron chi connectivity index (χ1n) is 9.60. The van der Waals surface area contributed by atoms with E-state index in [2.05, 4.69) is 15.5 Å². The minimum absolute atomic E-state index is 0.0231. The van der Waals surface area contributed by atoms with Gasteiger partial charge in [-0.2, -0.15) is 0 Å². The number of ether oxygens (including phenoxy) is 1. The van der Waals surface area contributed by atoms with Gasteiger partial charge in [-0.3, -0.25) is 9.59 Å². The van der Waals surface area contributed by atoms with E-state index in [0.717, 1.165) is 15.8 Å². The van der Waals surface area contributed by atoms with E-state index in [1.54, 1.807) is 29.0 Å². The number of hydrogen-bond acceptors (Lipinski definition) is 9. The Balaban J connectivity index is 1.22. The number of furan rings is 1. The Morgan fingerprint density at radius 2 is 1.87 bits per heavy atom. The van der Waals surface area contributed by atoms with E-state index in [1.165, 1.54) is 29.4 Å². The van der Waals surface area contributed by atoms with Crippen LogP contribution in [0, 0.1) is 0 Å². The fourth-order valence-electron chi connectivity index (χ4n) is 3.05. The number of piperazine rings is 1. The van der Waals surface area contributed by atoms with Crippen LogP contribution < -0.4 is 10.1 Å². The molecule has 1 fully saturated rings. The number of benzene rings is 1. The summed E-state index contributed by atoms with van der Waals surface area (Å²) in [6.45, 7) is 1.99. The Hall–Kier alpha value is -3.05. The summed E-state index contributed by atoms with van der Waals surface area (Å²) >= 11 is 2.76. The highest BCUT2D eigenvalue weighted by atomic mass is 32.2. The molecule has 0 radical (unpaired) electrons. The van der Waals surface area contributed by atoms with E-state index in [-0.39, 0.29) is 17.6 Å². The van der Waals surface area contributed by atoms with Crippen LogP contribution in [0.4, 0.5) is 10.8 Å². The van der Waals surface area contributed by atoms with Gasteiger partial charge in [0.2, 0.25) is 11.0 Å². The van der Waals surface area contributed by atoms with Crippen molar-refractivity contribution >= 4 is 45.7 Å². The van der Waals surface area contributed by atoms with Crippen molar-refractivity contribution in [3.8, 4) is 5.75 Å². The van der Waals surface area contributed by atoms with Crippen LogP contribution in [0.15, 0.2) is 51.4 Å². The molecule has 1 N–H and O–H groups in total. The van der Waals surface area contributed by atoms with Gasteiger partial charge in [0, 0.05) is 31.9 Å². The lowest BCUT2D eigenvalue weighted by Crippen LogP contribution is -2.51. The minimum Gasteiger partial charge on any atom is -0.497 e. The zero-order valence-electron chi connectivity index (χ0n) is 16.8. The smallest absolute Gasteiger partial charge is 0.289 e. The molecule has 0 aliphatic carbocycles. The first kappa shape index (κ1) is 21.2. The lowest BCUT2D eigenvalue weighted by atomic mass is 10.3. The average molecular weight is 460 g/mol. The monoisotopic (exact) mass is 459 g/mol. The van der Waals surface area contributed by atoms with Gasteiger partial charge in [-0.25, -0.2) is 0 Å². The second-order valence-corrected chi connectivity index (χ2v) is 8.87. The fourth-order valence-corrected chi connectivity index (χ4v) is 4.72. The molecule has 0 atom stereocenters. The minimum atomic E-state index is -0.141. The largest absolute Gasteiger partial charge is 0.497 e. The molecule has 0 bridgehead atoms. The molecule has 0 saturated carbocycles. The van der Waals surface area contributed by atoms with Crippen LogP contribution in [-0.4, -0.2) is 70.9 Å². The van der Waals surface area contributed by atoms with Gasteiger partial charge in [0.15, 0.2) is 10.1 Å². The van der Waals surface area contributed by atoms with Crippen molar-refractivity contribution in [1.29, 1.82) is 0 Å². The highest BCUT2D eigenvalue weighted by Gasteiger charge is 2.26. The van der Waals surface area contributed by atoms with Crippen molar-refractivity contribution < 1.29 is 18.7 Å². The first-order valence-corrected chi connectivity index (χ1v) is 11.4. The molecule has 2 aromatic heterocycles. The first-order chi connectivity index (χ1) is 15.1. The second kappa shape index (κ2) is 9.84. The molecule has 162 valence electrons. The maximum atomic E-state index is 12.5. The molecule has 31 heavy (non-hydrogen) atoms. The standard InChI is InChI=1S/C20H21N5O4S2/c1-28-15-6-4-14(5-7-15)21-19-22-23-20(31-19)30-13-17(26)24-8-10-25(11-9-24)18(27)16-3-2-12-29-16/h2-7,12H,8-11,13H2,1H3,(H,21,22). The quantitative estimate of drug-likeness (QED) is 0.538. The number of rotatable bonds is 7. The van der Waals surface area contributed by atoms with E-state index < -0.39 is 0 Å². The Morgan fingerprint density at radius 3 is 2.55 bits per heavy atom. The van der Waals surface area contributed by atoms with Gasteiger partial charge in [0.25, 0.3) is 5.91 Å². The molecule has 3 heterocycles. The molecule has 1 aliphatic heterocycles. The topological polar surface area (TPSA) is 101 Å². The van der Waals surface area contributed by atoms with Crippen LogP contribution in [0.1, 0.15) is 10.6 Å². The molecule has 9 nitrogen and oxygen atoms in total. The molecule has 4 rings (SSSR count). The van der Waals surface area contributed by atoms with Crippen LogP contribution in [0.5, 0.6) is 5.75 Å². The molecule has 1 aliphatic rings. The van der Waals surface area contributed by atoms with Crippen molar-refractivity contribution in [2.24, 2.45) is 0 Å². The maximum absolute atomic E-state index is 12.5. The number of hydrogen-bond donors (Lipinski definition) is 1. The van der Waals surface area contributed by atoms with Gasteiger partial charge < -0.3 is 24.3 Å². The lowest BCUT2D eigenvalue weighted by molar-refractivity contribution is -0.129. The number of nitrogens with one attached hydrogen (secondary N) is 1. The molecular weight excluding hydrogens is 438 g/mol. The van der Waals surface area contributed by atoms with Gasteiger partial charge in [0.1, 0.15) is 5.75 Å². The third-order valence-electron chi connectivity index (χ3n) is 4.72. The van der Waals surface area contributed by atoms with Crippen LogP contribution >= 0.6 is 23.1 Å². The van der Waals surface area contributed by atoms with Crippen LogP contribution in [0.2, 0.25) is 0 Å². The molecule has 0 unspecified atom stereocenters. The Morgan fingerprint density at radius 1 is 1.13 bits per heavy atom. The molecule has 11 heteroatoms. The number of carbonyl (C=O) groups is 2. The molecular formula is C20H21N5O4S2. The van der Waals surface area contributed by atoms with E-state index in [0.29, 0.717) is 37.1 Å². The van der Waals surface area contributed by atoms with Crippen LogP contribution in [0.25, 0.3) is 0 Å². The summed E-state index contributed by atoms with van der Waals surface area (Å²) in [5.41, 5.74) is 0.881. The van der Waals surface area contributed by atoms with Crippen molar-refractivity contribution in [3.63, 3.8) is 0 Å². The molecule has 0 spiro atoms. The molecule has 2 amide bonds. The summed E-state index contributed by atoms with van der Waals surface area (Å²) in [7, 11) is 1.62. The zero-order chi connectivity index (χ0) is 21.6. The molecule has 1 saturated heterocycles. The SMILES string of the molecule is COc1ccc(Nc2nnc(SCC(=O)N3CCN(C(=O)c4ccco4)CC3)s2)cc1. The lowest BCUT2D eigenvalue weighted by Gasteiger charge is -2.34. The number of nitrogens with zero attached hydrogens (tertiary/aromatic N) is 4. The third kappa shape index (κ3) is 5.36. The van der Waals surface area contributed by atoms with Crippen molar-refractivity contribution in [3.05, 3.63) is 48.4 Å². The number of methoxy groups -OCH3 is 1. The number of thioether (sulfide) groups is 1. The van der Waals surface area contributed by atoms with E-state index in [9.17, 15) is 9.59 Å². The fraction of sp³-hybridized carbons (Fsp3) is 0.300. The number of anilines is 2. The van der Waals surface area contributed by atoms with Gasteiger partial charge in [-0.15, -0.1) is 10.2 Å². The number of amides is 2.